The summed E-state index contributed by atoms with van der Waals surface area (Å²) in [5.74, 6) is -0.999. The fourth-order valence-electron chi connectivity index (χ4n) is 8.88. The Morgan fingerprint density at radius 3 is 0.778 bits per heavy atom. The normalized spacial score (nSPS) is 13.1. The first-order valence-corrected chi connectivity index (χ1v) is 33.3. The van der Waals surface area contributed by atoms with Gasteiger partial charge in [-0.15, -0.1) is 0 Å². The van der Waals surface area contributed by atoms with E-state index in [4.69, 9.17) is 14.2 Å². The minimum atomic E-state index is -0.826. The first kappa shape index (κ1) is 76.3. The lowest BCUT2D eigenvalue weighted by molar-refractivity contribution is -0.167. The van der Waals surface area contributed by atoms with Gasteiger partial charge in [0.15, 0.2) is 6.10 Å². The van der Waals surface area contributed by atoms with Gasteiger partial charge in [0.25, 0.3) is 0 Å². The molecule has 0 amide bonds. The van der Waals surface area contributed by atoms with Crippen LogP contribution >= 0.6 is 0 Å². The lowest BCUT2D eigenvalue weighted by Crippen LogP contribution is -2.30. The van der Waals surface area contributed by atoms with Crippen molar-refractivity contribution in [2.75, 3.05) is 13.2 Å². The molecule has 6 nitrogen and oxygen atoms in total. The number of allylic oxidation sites excluding steroid dienone is 24. The Morgan fingerprint density at radius 1 is 0.259 bits per heavy atom. The quantitative estimate of drug-likeness (QED) is 0.0261. The summed E-state index contributed by atoms with van der Waals surface area (Å²) in [6.07, 6.45) is 97.3. The predicted octanol–water partition coefficient (Wildman–Crippen LogP) is 23.1. The molecular formula is C75H122O6. The molecule has 0 saturated heterocycles. The van der Waals surface area contributed by atoms with Gasteiger partial charge in [0.05, 0.1) is 0 Å². The van der Waals surface area contributed by atoms with Gasteiger partial charge >= 0.3 is 17.9 Å². The van der Waals surface area contributed by atoms with Gasteiger partial charge in [-0.05, 0) is 141 Å². The molecule has 0 aromatic carbocycles. The van der Waals surface area contributed by atoms with Crippen molar-refractivity contribution in [1.29, 1.82) is 0 Å². The zero-order valence-corrected chi connectivity index (χ0v) is 52.5. The van der Waals surface area contributed by atoms with Gasteiger partial charge in [-0.1, -0.05) is 276 Å². The molecule has 6 heteroatoms. The molecule has 0 aromatic heterocycles. The Morgan fingerprint density at radius 2 is 0.481 bits per heavy atom. The largest absolute Gasteiger partial charge is 0.462 e. The average molecular weight is 1120 g/mol. The van der Waals surface area contributed by atoms with Crippen LogP contribution in [-0.2, 0) is 28.6 Å². The highest BCUT2D eigenvalue weighted by Crippen LogP contribution is 2.16. The molecule has 0 radical (unpaired) electrons. The summed E-state index contributed by atoms with van der Waals surface area (Å²) in [5.41, 5.74) is 0. The molecule has 458 valence electrons. The maximum absolute atomic E-state index is 12.9. The monoisotopic (exact) mass is 1120 g/mol. The molecule has 0 aliphatic rings. The van der Waals surface area contributed by atoms with Crippen molar-refractivity contribution in [3.05, 3.63) is 146 Å². The highest BCUT2D eigenvalue weighted by atomic mass is 16.6. The van der Waals surface area contributed by atoms with Crippen LogP contribution in [0.25, 0.3) is 0 Å². The van der Waals surface area contributed by atoms with Crippen molar-refractivity contribution in [1.82, 2.24) is 0 Å². The molecule has 1 unspecified atom stereocenters. The summed E-state index contributed by atoms with van der Waals surface area (Å²) in [6, 6.07) is 0. The van der Waals surface area contributed by atoms with Gasteiger partial charge in [0.2, 0.25) is 0 Å². The van der Waals surface area contributed by atoms with E-state index in [1.54, 1.807) is 0 Å². The van der Waals surface area contributed by atoms with Gasteiger partial charge in [0.1, 0.15) is 13.2 Å². The van der Waals surface area contributed by atoms with Crippen molar-refractivity contribution in [3.8, 4) is 0 Å². The number of unbranched alkanes of at least 4 members (excludes halogenated alkanes) is 24. The Labute approximate surface area is 499 Å². The standard InChI is InChI=1S/C75H122O6/c1-4-7-10-13-16-19-22-25-28-30-32-34-35-36-37-38-39-41-42-44-47-50-53-56-59-62-65-68-74(77)80-71-72(70-79-73(76)67-64-61-58-55-52-49-46-27-24-21-18-15-12-9-6-3)81-75(78)69-66-63-60-57-54-51-48-45-43-40-33-31-29-26-23-20-17-14-11-8-5-2/h8-9,11-12,17-18,20-22,25-27,29-30,32-33,40,45-46,48,52,54-55,57,72H,4-7,10,13-16,19,23-24,28,31,34-39,41-44,47,49-51,53,56,58-71H2,1-3H3/b11-8-,12-9-,20-17-,21-18-,25-22-,29-26-,32-30-,40-33-,46-27-,48-45-,55-52-,57-54-. The lowest BCUT2D eigenvalue weighted by atomic mass is 10.0. The highest BCUT2D eigenvalue weighted by molar-refractivity contribution is 5.71. The van der Waals surface area contributed by atoms with Crippen molar-refractivity contribution < 1.29 is 28.6 Å². The Hall–Kier alpha value is -4.71. The summed E-state index contributed by atoms with van der Waals surface area (Å²) >= 11 is 0. The maximum atomic E-state index is 12.9. The summed E-state index contributed by atoms with van der Waals surface area (Å²) in [5, 5.41) is 0. The van der Waals surface area contributed by atoms with Gasteiger partial charge < -0.3 is 14.2 Å². The molecule has 0 N–H and O–H groups in total. The van der Waals surface area contributed by atoms with E-state index >= 15 is 0 Å². The zero-order chi connectivity index (χ0) is 58.5. The van der Waals surface area contributed by atoms with Crippen molar-refractivity contribution in [2.45, 2.75) is 297 Å². The summed E-state index contributed by atoms with van der Waals surface area (Å²) in [4.78, 5) is 38.3. The van der Waals surface area contributed by atoms with Crippen molar-refractivity contribution in [3.63, 3.8) is 0 Å². The average Bonchev–Trinajstić information content (AvgIpc) is 3.47. The van der Waals surface area contributed by atoms with E-state index < -0.39 is 6.10 Å². The molecule has 1 atom stereocenters. The van der Waals surface area contributed by atoms with Crippen LogP contribution < -0.4 is 0 Å². The second-order valence-corrected chi connectivity index (χ2v) is 21.6. The number of esters is 3. The van der Waals surface area contributed by atoms with Crippen LogP contribution in [-0.4, -0.2) is 37.2 Å². The molecule has 81 heavy (non-hydrogen) atoms. The van der Waals surface area contributed by atoms with Gasteiger partial charge in [-0.2, -0.15) is 0 Å². The molecule has 0 aliphatic heterocycles. The van der Waals surface area contributed by atoms with Crippen LogP contribution in [0.3, 0.4) is 0 Å². The molecule has 0 aromatic rings. The Balaban J connectivity index is 4.43. The minimum Gasteiger partial charge on any atom is -0.462 e. The SMILES string of the molecule is CC/C=C\C/C=C\C/C=C\C/C=C\C/C=C\C/C=C\CCCCC(=O)OC(COC(=O)CCCC/C=C\C/C=C\C/C=C\C/C=C\CC)COC(=O)CCCCCCCCCCCCCCCCC/C=C\C/C=C\CCCCCCC. The van der Waals surface area contributed by atoms with E-state index in [0.717, 1.165) is 116 Å². The second-order valence-electron chi connectivity index (χ2n) is 21.6. The number of hydrogen-bond donors (Lipinski definition) is 0. The van der Waals surface area contributed by atoms with E-state index in [0.29, 0.717) is 25.7 Å². The van der Waals surface area contributed by atoms with Gasteiger partial charge in [-0.3, -0.25) is 14.4 Å². The summed E-state index contributed by atoms with van der Waals surface area (Å²) in [6.45, 7) is 6.34. The van der Waals surface area contributed by atoms with Gasteiger partial charge in [0, 0.05) is 19.3 Å². The molecule has 0 spiro atoms. The topological polar surface area (TPSA) is 78.9 Å². The van der Waals surface area contributed by atoms with Crippen molar-refractivity contribution in [2.24, 2.45) is 0 Å². The van der Waals surface area contributed by atoms with Crippen LogP contribution in [0, 0.1) is 0 Å². The van der Waals surface area contributed by atoms with E-state index in [1.165, 1.54) is 122 Å². The molecule has 0 rings (SSSR count). The third-order valence-electron chi connectivity index (χ3n) is 13.8. The van der Waals surface area contributed by atoms with Gasteiger partial charge in [-0.25, -0.2) is 0 Å². The van der Waals surface area contributed by atoms with Crippen LogP contribution in [0.4, 0.5) is 0 Å². The first-order chi connectivity index (χ1) is 40.0. The smallest absolute Gasteiger partial charge is 0.306 e. The lowest BCUT2D eigenvalue weighted by Gasteiger charge is -2.18. The summed E-state index contributed by atoms with van der Waals surface area (Å²) in [7, 11) is 0. The van der Waals surface area contributed by atoms with Crippen LogP contribution in [0.15, 0.2) is 146 Å². The number of hydrogen-bond acceptors (Lipinski definition) is 6. The van der Waals surface area contributed by atoms with E-state index in [2.05, 4.69) is 167 Å². The van der Waals surface area contributed by atoms with Crippen LogP contribution in [0.5, 0.6) is 0 Å². The zero-order valence-electron chi connectivity index (χ0n) is 52.5. The molecule has 0 heterocycles. The highest BCUT2D eigenvalue weighted by Gasteiger charge is 2.19. The summed E-state index contributed by atoms with van der Waals surface area (Å²) < 4.78 is 16.9. The fourth-order valence-corrected chi connectivity index (χ4v) is 8.88. The number of ether oxygens (including phenoxy) is 3. The molecule has 0 fully saturated rings. The van der Waals surface area contributed by atoms with Crippen LogP contribution in [0.2, 0.25) is 0 Å². The van der Waals surface area contributed by atoms with Crippen LogP contribution in [0.1, 0.15) is 290 Å². The van der Waals surface area contributed by atoms with E-state index in [1.807, 2.05) is 0 Å². The third-order valence-corrected chi connectivity index (χ3v) is 13.8. The Kier molecular flexibility index (Phi) is 63.9. The molecule has 0 aliphatic carbocycles. The number of carbonyl (C=O) groups excluding carboxylic acids is 3. The van der Waals surface area contributed by atoms with E-state index in [9.17, 15) is 14.4 Å². The molecular weight excluding hydrogens is 997 g/mol. The number of carbonyl (C=O) groups is 3. The third kappa shape index (κ3) is 66.0. The minimum absolute atomic E-state index is 0.113. The molecule has 0 bridgehead atoms. The van der Waals surface area contributed by atoms with Crippen molar-refractivity contribution >= 4 is 17.9 Å². The Bertz CT molecular complexity index is 1760. The second kappa shape index (κ2) is 67.8. The number of rotatable bonds is 59. The maximum Gasteiger partial charge on any atom is 0.306 e. The predicted molar refractivity (Wildman–Crippen MR) is 352 cm³/mol. The molecule has 0 saturated carbocycles. The van der Waals surface area contributed by atoms with E-state index in [-0.39, 0.29) is 37.5 Å². The first-order valence-electron chi connectivity index (χ1n) is 33.3. The fraction of sp³-hybridized carbons (Fsp3) is 0.640.